The van der Waals surface area contributed by atoms with Crippen molar-refractivity contribution in [3.8, 4) is 0 Å². The Kier molecular flexibility index (Phi) is 3.61. The molecule has 2 heterocycles. The van der Waals surface area contributed by atoms with Crippen LogP contribution in [0.1, 0.15) is 23.5 Å². The predicted molar refractivity (Wildman–Crippen MR) is 104 cm³/mol. The topological polar surface area (TPSA) is 75.4 Å². The lowest BCUT2D eigenvalue weighted by Gasteiger charge is -2.15. The monoisotopic (exact) mass is 393 g/mol. The number of hydrogen-bond acceptors (Lipinski definition) is 3. The molecular weight excluding hydrogens is 378 g/mol. The molecule has 2 aromatic carbocycles. The van der Waals surface area contributed by atoms with Gasteiger partial charge in [0.05, 0.1) is 17.4 Å². The van der Waals surface area contributed by atoms with Crippen LogP contribution in [0.15, 0.2) is 61.1 Å². The fourth-order valence-electron chi connectivity index (χ4n) is 4.30. The van der Waals surface area contributed by atoms with Gasteiger partial charge in [-0.05, 0) is 35.7 Å². The van der Waals surface area contributed by atoms with E-state index in [1.54, 1.807) is 11.1 Å². The fourth-order valence-corrected chi connectivity index (χ4v) is 4.42. The van der Waals surface area contributed by atoms with Crippen molar-refractivity contribution in [2.24, 2.45) is 0 Å². The number of halogens is 1. The Morgan fingerprint density at radius 2 is 1.96 bits per heavy atom. The second-order valence-electron chi connectivity index (χ2n) is 7.24. The molecule has 0 bridgehead atoms. The van der Waals surface area contributed by atoms with Gasteiger partial charge in [-0.3, -0.25) is 14.5 Å². The number of aromatic nitrogens is 2. The third-order valence-electron chi connectivity index (χ3n) is 5.61. The molecule has 1 fully saturated rings. The van der Waals surface area contributed by atoms with Crippen LogP contribution in [0.2, 0.25) is 5.02 Å². The molecule has 1 aromatic heterocycles. The Hall–Kier alpha value is -3.12. The van der Waals surface area contributed by atoms with Gasteiger partial charge >= 0.3 is 5.97 Å². The molecule has 0 saturated heterocycles. The third kappa shape index (κ3) is 2.38. The number of rotatable bonds is 4. The summed E-state index contributed by atoms with van der Waals surface area (Å²) in [5.74, 6) is -0.449. The molecule has 7 heteroatoms. The molecule has 1 aliphatic heterocycles. The molecule has 1 spiro atoms. The normalized spacial score (nSPS) is 22.5. The quantitative estimate of drug-likeness (QED) is 0.732. The number of carboxylic acids is 1. The molecule has 1 N–H and O–H groups in total. The Balaban J connectivity index is 1.55. The van der Waals surface area contributed by atoms with Crippen molar-refractivity contribution in [1.82, 2.24) is 9.55 Å². The van der Waals surface area contributed by atoms with Crippen molar-refractivity contribution >= 4 is 35.0 Å². The van der Waals surface area contributed by atoms with Gasteiger partial charge in [0.25, 0.3) is 0 Å². The predicted octanol–water partition coefficient (Wildman–Crippen LogP) is 3.72. The Bertz CT molecular complexity index is 1110. The molecule has 3 aromatic rings. The minimum Gasteiger partial charge on any atom is -0.480 e. The van der Waals surface area contributed by atoms with Crippen LogP contribution in [0.3, 0.4) is 0 Å². The maximum absolute atomic E-state index is 13.6. The van der Waals surface area contributed by atoms with Gasteiger partial charge in [0.1, 0.15) is 6.54 Å². The number of carboxylic acid groups (broad SMARTS) is 1. The van der Waals surface area contributed by atoms with Crippen LogP contribution in [0.5, 0.6) is 0 Å². The average Bonchev–Trinajstić information content (AvgIpc) is 3.19. The second kappa shape index (κ2) is 5.94. The SMILES string of the molecule is O=C(O)Cn1cnc(N2C(=O)[C@@]3(C[C@H]3c3ccc(Cl)cc3)c3ccccc32)c1. The van der Waals surface area contributed by atoms with Crippen molar-refractivity contribution < 1.29 is 14.7 Å². The van der Waals surface area contributed by atoms with Gasteiger partial charge in [0.2, 0.25) is 5.91 Å². The minimum atomic E-state index is -0.960. The average molecular weight is 394 g/mol. The fraction of sp³-hybridized carbons (Fsp3) is 0.190. The second-order valence-corrected chi connectivity index (χ2v) is 7.67. The zero-order valence-corrected chi connectivity index (χ0v) is 15.5. The summed E-state index contributed by atoms with van der Waals surface area (Å²) >= 11 is 6.01. The Morgan fingerprint density at radius 3 is 2.71 bits per heavy atom. The number of amides is 1. The Labute approximate surface area is 166 Å². The van der Waals surface area contributed by atoms with E-state index in [0.29, 0.717) is 10.8 Å². The number of fused-ring (bicyclic) bond motifs is 2. The van der Waals surface area contributed by atoms with E-state index >= 15 is 0 Å². The van der Waals surface area contributed by atoms with Gasteiger partial charge in [0, 0.05) is 17.1 Å². The molecule has 140 valence electrons. The highest BCUT2D eigenvalue weighted by Crippen LogP contribution is 2.67. The summed E-state index contributed by atoms with van der Waals surface area (Å²) in [6, 6.07) is 15.4. The van der Waals surface area contributed by atoms with Gasteiger partial charge in [0.15, 0.2) is 5.82 Å². The van der Waals surface area contributed by atoms with E-state index in [-0.39, 0.29) is 18.4 Å². The highest BCUT2D eigenvalue weighted by atomic mass is 35.5. The summed E-state index contributed by atoms with van der Waals surface area (Å²) in [4.78, 5) is 30.4. The molecule has 1 aliphatic carbocycles. The van der Waals surface area contributed by atoms with Crippen molar-refractivity contribution in [3.63, 3.8) is 0 Å². The third-order valence-corrected chi connectivity index (χ3v) is 5.86. The number of hydrogen-bond donors (Lipinski definition) is 1. The number of carbonyl (C=O) groups is 2. The molecular formula is C21H16ClN3O3. The standard InChI is InChI=1S/C21H16ClN3O3/c22-14-7-5-13(6-8-14)16-9-21(16)15-3-1-2-4-17(15)25(20(21)28)18-10-24(12-23-18)11-19(26)27/h1-8,10,12,16H,9,11H2,(H,26,27)/t16-,21-/m0/s1. The van der Waals surface area contributed by atoms with Gasteiger partial charge in [-0.15, -0.1) is 0 Å². The van der Waals surface area contributed by atoms with Crippen LogP contribution >= 0.6 is 11.6 Å². The number of anilines is 2. The minimum absolute atomic E-state index is 0.0192. The molecule has 6 nitrogen and oxygen atoms in total. The van der Waals surface area contributed by atoms with E-state index in [4.69, 9.17) is 16.7 Å². The maximum Gasteiger partial charge on any atom is 0.323 e. The molecule has 2 atom stereocenters. The van der Waals surface area contributed by atoms with Crippen molar-refractivity contribution in [2.75, 3.05) is 4.90 Å². The number of aliphatic carboxylic acids is 1. The van der Waals surface area contributed by atoms with Crippen LogP contribution in [0.25, 0.3) is 0 Å². The van der Waals surface area contributed by atoms with Crippen LogP contribution < -0.4 is 4.90 Å². The first-order valence-electron chi connectivity index (χ1n) is 8.94. The molecule has 0 unspecified atom stereocenters. The summed E-state index contributed by atoms with van der Waals surface area (Å²) in [5, 5.41) is 9.65. The van der Waals surface area contributed by atoms with E-state index < -0.39 is 11.4 Å². The van der Waals surface area contributed by atoms with E-state index in [2.05, 4.69) is 4.98 Å². The first-order valence-corrected chi connectivity index (χ1v) is 9.31. The van der Waals surface area contributed by atoms with Gasteiger partial charge < -0.3 is 9.67 Å². The number of imidazole rings is 1. The van der Waals surface area contributed by atoms with Gasteiger partial charge in [-0.25, -0.2) is 4.98 Å². The largest absolute Gasteiger partial charge is 0.480 e. The highest BCUT2D eigenvalue weighted by Gasteiger charge is 2.67. The van der Waals surface area contributed by atoms with Crippen LogP contribution in [0, 0.1) is 0 Å². The van der Waals surface area contributed by atoms with Crippen molar-refractivity contribution in [3.05, 3.63) is 77.2 Å². The summed E-state index contributed by atoms with van der Waals surface area (Å²) in [5.41, 5.74) is 2.30. The number of benzene rings is 2. The summed E-state index contributed by atoms with van der Waals surface area (Å²) in [6.07, 6.45) is 3.77. The lowest BCUT2D eigenvalue weighted by atomic mass is 9.92. The highest BCUT2D eigenvalue weighted by molar-refractivity contribution is 6.30. The smallest absolute Gasteiger partial charge is 0.323 e. The molecule has 28 heavy (non-hydrogen) atoms. The van der Waals surface area contributed by atoms with Crippen molar-refractivity contribution in [1.29, 1.82) is 0 Å². The molecule has 0 radical (unpaired) electrons. The lowest BCUT2D eigenvalue weighted by molar-refractivity contribution is -0.137. The number of carbonyl (C=O) groups excluding carboxylic acids is 1. The molecule has 2 aliphatic rings. The summed E-state index contributed by atoms with van der Waals surface area (Å²) < 4.78 is 1.46. The first-order chi connectivity index (χ1) is 13.5. The number of nitrogens with zero attached hydrogens (tertiary/aromatic N) is 3. The zero-order valence-electron chi connectivity index (χ0n) is 14.7. The van der Waals surface area contributed by atoms with E-state index in [0.717, 1.165) is 23.2 Å². The maximum atomic E-state index is 13.6. The molecule has 1 saturated carbocycles. The first kappa shape index (κ1) is 17.0. The van der Waals surface area contributed by atoms with E-state index in [9.17, 15) is 9.59 Å². The molecule has 5 rings (SSSR count). The van der Waals surface area contributed by atoms with Crippen molar-refractivity contribution in [2.45, 2.75) is 24.3 Å². The van der Waals surface area contributed by atoms with Crippen LogP contribution in [-0.4, -0.2) is 26.5 Å². The number of para-hydroxylation sites is 1. The van der Waals surface area contributed by atoms with E-state index in [1.165, 1.54) is 10.9 Å². The Morgan fingerprint density at radius 1 is 1.21 bits per heavy atom. The van der Waals surface area contributed by atoms with Crippen LogP contribution in [-0.2, 0) is 21.5 Å². The summed E-state index contributed by atoms with van der Waals surface area (Å²) in [7, 11) is 0. The molecule has 1 amide bonds. The van der Waals surface area contributed by atoms with Crippen LogP contribution in [0.4, 0.5) is 11.5 Å². The summed E-state index contributed by atoms with van der Waals surface area (Å²) in [6.45, 7) is -0.199. The van der Waals surface area contributed by atoms with Gasteiger partial charge in [-0.1, -0.05) is 41.9 Å². The van der Waals surface area contributed by atoms with E-state index in [1.807, 2.05) is 48.5 Å². The lowest BCUT2D eigenvalue weighted by Crippen LogP contribution is -2.29. The zero-order chi connectivity index (χ0) is 19.5. The van der Waals surface area contributed by atoms with Gasteiger partial charge in [-0.2, -0.15) is 0 Å².